The summed E-state index contributed by atoms with van der Waals surface area (Å²) >= 11 is 0. The molecular formula is C33H38N6O5. The van der Waals surface area contributed by atoms with Gasteiger partial charge in [0.2, 0.25) is 11.8 Å². The van der Waals surface area contributed by atoms with Gasteiger partial charge in [0.15, 0.2) is 0 Å². The van der Waals surface area contributed by atoms with Gasteiger partial charge in [-0.1, -0.05) is 50.2 Å². The van der Waals surface area contributed by atoms with Crippen LogP contribution < -0.4 is 26.0 Å². The molecule has 2 aromatic carbocycles. The zero-order valence-corrected chi connectivity index (χ0v) is 25.1. The lowest BCUT2D eigenvalue weighted by Crippen LogP contribution is -2.50. The second-order valence-corrected chi connectivity index (χ2v) is 11.2. The number of ether oxygens (including phenoxy) is 1. The van der Waals surface area contributed by atoms with E-state index in [0.717, 1.165) is 10.9 Å². The lowest BCUT2D eigenvalue weighted by Gasteiger charge is -2.24. The number of carbonyl (C=O) groups is 4. The number of benzene rings is 2. The first-order valence-electron chi connectivity index (χ1n) is 14.7. The Labute approximate surface area is 256 Å². The van der Waals surface area contributed by atoms with E-state index in [1.54, 1.807) is 19.2 Å². The minimum atomic E-state index is -0.915. The van der Waals surface area contributed by atoms with Crippen LogP contribution in [0.1, 0.15) is 49.2 Å². The number of amides is 4. The quantitative estimate of drug-likeness (QED) is 0.150. The van der Waals surface area contributed by atoms with Crippen molar-refractivity contribution in [2.24, 2.45) is 11.8 Å². The van der Waals surface area contributed by atoms with E-state index in [1.165, 1.54) is 6.08 Å². The Morgan fingerprint density at radius 1 is 1.11 bits per heavy atom. The molecule has 3 atom stereocenters. The van der Waals surface area contributed by atoms with Crippen LogP contribution in [0, 0.1) is 23.2 Å². The fourth-order valence-corrected chi connectivity index (χ4v) is 5.23. The molecule has 4 amide bonds. The lowest BCUT2D eigenvalue weighted by molar-refractivity contribution is -0.125. The molecule has 5 N–H and O–H groups in total. The molecule has 0 radical (unpaired) electrons. The van der Waals surface area contributed by atoms with Crippen molar-refractivity contribution in [3.63, 3.8) is 0 Å². The number of H-pyrrole nitrogens is 1. The zero-order chi connectivity index (χ0) is 31.6. The van der Waals surface area contributed by atoms with Crippen molar-refractivity contribution in [2.45, 2.75) is 51.7 Å². The van der Waals surface area contributed by atoms with Crippen molar-refractivity contribution in [3.8, 4) is 11.8 Å². The van der Waals surface area contributed by atoms with Gasteiger partial charge in [0.1, 0.15) is 29.1 Å². The zero-order valence-electron chi connectivity index (χ0n) is 25.1. The van der Waals surface area contributed by atoms with Crippen LogP contribution in [0.4, 0.5) is 0 Å². The van der Waals surface area contributed by atoms with Crippen molar-refractivity contribution in [1.82, 2.24) is 26.3 Å². The minimum absolute atomic E-state index is 0.0573. The van der Waals surface area contributed by atoms with E-state index in [2.05, 4.69) is 26.3 Å². The molecule has 1 unspecified atom stereocenters. The molecule has 2 heterocycles. The number of aromatic nitrogens is 1. The van der Waals surface area contributed by atoms with Crippen LogP contribution in [-0.2, 0) is 20.9 Å². The molecule has 0 aliphatic carbocycles. The highest BCUT2D eigenvalue weighted by molar-refractivity contribution is 6.01. The first kappa shape index (κ1) is 31.8. The Balaban J connectivity index is 1.53. The molecule has 1 saturated heterocycles. The van der Waals surface area contributed by atoms with E-state index in [0.29, 0.717) is 30.7 Å². The predicted octanol–water partition coefficient (Wildman–Crippen LogP) is 3.10. The number of methoxy groups -OCH3 is 1. The average molecular weight is 599 g/mol. The summed E-state index contributed by atoms with van der Waals surface area (Å²) in [4.78, 5) is 55.3. The molecule has 11 heteroatoms. The number of hydrogen-bond acceptors (Lipinski definition) is 6. The Bertz CT molecular complexity index is 1570. The summed E-state index contributed by atoms with van der Waals surface area (Å²) < 4.78 is 5.39. The summed E-state index contributed by atoms with van der Waals surface area (Å²) in [5.41, 5.74) is 1.67. The molecule has 1 aliphatic rings. The monoisotopic (exact) mass is 598 g/mol. The van der Waals surface area contributed by atoms with Gasteiger partial charge < -0.3 is 31.0 Å². The number of nitrogens with one attached hydrogen (secondary N) is 5. The van der Waals surface area contributed by atoms with Gasteiger partial charge in [0, 0.05) is 36.0 Å². The first-order chi connectivity index (χ1) is 21.2. The maximum Gasteiger partial charge on any atom is 0.268 e. The molecule has 11 nitrogen and oxygen atoms in total. The third-order valence-electron chi connectivity index (χ3n) is 7.48. The predicted molar refractivity (Wildman–Crippen MR) is 165 cm³/mol. The van der Waals surface area contributed by atoms with Gasteiger partial charge in [0.05, 0.1) is 7.11 Å². The summed E-state index contributed by atoms with van der Waals surface area (Å²) in [6.07, 6.45) is 2.49. The van der Waals surface area contributed by atoms with E-state index in [1.807, 2.05) is 62.4 Å². The molecule has 3 aromatic rings. The lowest BCUT2D eigenvalue weighted by atomic mass is 9.95. The Morgan fingerprint density at radius 2 is 1.89 bits per heavy atom. The minimum Gasteiger partial charge on any atom is -0.496 e. The highest BCUT2D eigenvalue weighted by Gasteiger charge is 2.30. The van der Waals surface area contributed by atoms with Gasteiger partial charge in [-0.3, -0.25) is 19.2 Å². The molecule has 0 bridgehead atoms. The van der Waals surface area contributed by atoms with Gasteiger partial charge >= 0.3 is 0 Å². The number of fused-ring (bicyclic) bond motifs is 1. The highest BCUT2D eigenvalue weighted by Crippen LogP contribution is 2.26. The van der Waals surface area contributed by atoms with E-state index in [9.17, 15) is 24.4 Å². The second kappa shape index (κ2) is 14.9. The molecule has 4 rings (SSSR count). The number of aromatic amines is 1. The topological polar surface area (TPSA) is 165 Å². The van der Waals surface area contributed by atoms with Crippen LogP contribution in [0.15, 0.2) is 66.2 Å². The maximum atomic E-state index is 13.7. The fraction of sp³-hybridized carbons (Fsp3) is 0.364. The molecule has 1 aliphatic heterocycles. The molecule has 44 heavy (non-hydrogen) atoms. The third-order valence-corrected chi connectivity index (χ3v) is 7.48. The van der Waals surface area contributed by atoms with Crippen molar-refractivity contribution in [1.29, 1.82) is 5.26 Å². The summed E-state index contributed by atoms with van der Waals surface area (Å²) in [6.45, 7) is 4.61. The normalized spacial score (nSPS) is 16.1. The van der Waals surface area contributed by atoms with E-state index in [4.69, 9.17) is 4.74 Å². The van der Waals surface area contributed by atoms with Gasteiger partial charge in [0.25, 0.3) is 11.8 Å². The first-order valence-corrected chi connectivity index (χ1v) is 14.7. The number of nitrogens with zero attached hydrogens (tertiary/aromatic N) is 1. The van der Waals surface area contributed by atoms with Crippen LogP contribution in [0.3, 0.4) is 0 Å². The highest BCUT2D eigenvalue weighted by atomic mass is 16.5. The van der Waals surface area contributed by atoms with Gasteiger partial charge in [-0.15, -0.1) is 0 Å². The Kier molecular flexibility index (Phi) is 10.8. The van der Waals surface area contributed by atoms with Crippen molar-refractivity contribution < 1.29 is 23.9 Å². The maximum absolute atomic E-state index is 13.7. The van der Waals surface area contributed by atoms with Crippen LogP contribution in [0.25, 0.3) is 10.9 Å². The van der Waals surface area contributed by atoms with Crippen molar-refractivity contribution in [3.05, 3.63) is 77.5 Å². The average Bonchev–Trinajstić information content (AvgIpc) is 3.64. The van der Waals surface area contributed by atoms with Crippen LogP contribution >= 0.6 is 0 Å². The van der Waals surface area contributed by atoms with Gasteiger partial charge in [-0.05, 0) is 55.0 Å². The molecule has 0 spiro atoms. The molecular weight excluding hydrogens is 560 g/mol. The summed E-state index contributed by atoms with van der Waals surface area (Å²) in [6, 6.07) is 16.6. The van der Waals surface area contributed by atoms with Gasteiger partial charge in [-0.2, -0.15) is 5.26 Å². The smallest absolute Gasteiger partial charge is 0.268 e. The SMILES string of the molecule is COc1cccc2[nH]c(C(=O)N[C@@H](CC(C)C)C(=O)N[C@H](/C=C(/C#N)C(=O)NCc3ccccc3)CC3CCNC3=O)cc12. The fourth-order valence-electron chi connectivity index (χ4n) is 5.23. The van der Waals surface area contributed by atoms with E-state index >= 15 is 0 Å². The van der Waals surface area contributed by atoms with Crippen LogP contribution in [0.2, 0.25) is 0 Å². The van der Waals surface area contributed by atoms with Crippen molar-refractivity contribution in [2.75, 3.05) is 13.7 Å². The number of hydrogen-bond donors (Lipinski definition) is 5. The molecule has 1 aromatic heterocycles. The second-order valence-electron chi connectivity index (χ2n) is 11.2. The molecule has 1 fully saturated rings. The van der Waals surface area contributed by atoms with E-state index in [-0.39, 0.29) is 36.1 Å². The number of nitriles is 1. The Morgan fingerprint density at radius 3 is 2.55 bits per heavy atom. The number of rotatable bonds is 13. The number of carbonyl (C=O) groups excluding carboxylic acids is 4. The Hall–Kier alpha value is -5.11. The van der Waals surface area contributed by atoms with Crippen LogP contribution in [-0.4, -0.2) is 54.4 Å². The summed E-state index contributed by atoms with van der Waals surface area (Å²) in [5, 5.41) is 21.8. The summed E-state index contributed by atoms with van der Waals surface area (Å²) in [5.74, 6) is -1.42. The molecule has 0 saturated carbocycles. The summed E-state index contributed by atoms with van der Waals surface area (Å²) in [7, 11) is 1.55. The van der Waals surface area contributed by atoms with Crippen LogP contribution in [0.5, 0.6) is 5.75 Å². The standard InChI is InChI=1S/C33H38N6O5/c1-20(2)14-27(39-33(43)28-17-25-26(38-28)10-7-11-29(25)44-3)32(42)37-24(15-22-12-13-35-30(22)40)16-23(18-34)31(41)36-19-21-8-5-4-6-9-21/h4-11,16-17,20,22,24,27,38H,12-15,19H2,1-3H3,(H,35,40)(H,36,41)(H,37,42)(H,39,43)/b23-16-/t22?,24-,27-/m0/s1. The largest absolute Gasteiger partial charge is 0.496 e. The molecule has 230 valence electrons. The van der Waals surface area contributed by atoms with E-state index < -0.39 is 35.7 Å². The van der Waals surface area contributed by atoms with Crippen molar-refractivity contribution >= 4 is 34.5 Å². The van der Waals surface area contributed by atoms with Gasteiger partial charge in [-0.25, -0.2) is 0 Å². The third kappa shape index (κ3) is 8.25.